The van der Waals surface area contributed by atoms with Crippen molar-refractivity contribution < 1.29 is 9.90 Å². The molecule has 1 amide bonds. The third-order valence-electron chi connectivity index (χ3n) is 5.91. The van der Waals surface area contributed by atoms with Gasteiger partial charge in [-0.2, -0.15) is 0 Å². The fourth-order valence-electron chi connectivity index (χ4n) is 4.21. The lowest BCUT2D eigenvalue weighted by Crippen LogP contribution is -2.41. The predicted molar refractivity (Wildman–Crippen MR) is 99.3 cm³/mol. The van der Waals surface area contributed by atoms with Gasteiger partial charge in [0.25, 0.3) is 0 Å². The van der Waals surface area contributed by atoms with E-state index in [1.54, 1.807) is 0 Å². The van der Waals surface area contributed by atoms with E-state index in [1.165, 1.54) is 0 Å². The molecule has 1 fully saturated rings. The number of β-amino-alcohol motifs (C(OH)–C–C–N with tert-alkyl or cyclic N) is 1. The number of aliphatic hydroxyl groups excluding tert-OH is 1. The van der Waals surface area contributed by atoms with E-state index in [9.17, 15) is 9.90 Å². The number of carbonyl (C=O) groups excluding carboxylic acids is 1. The van der Waals surface area contributed by atoms with E-state index < -0.39 is 0 Å². The third kappa shape index (κ3) is 3.78. The Morgan fingerprint density at radius 2 is 1.96 bits per heavy atom. The molecule has 1 aromatic heterocycles. The molecule has 0 saturated carbocycles. The van der Waals surface area contributed by atoms with E-state index in [0.29, 0.717) is 32.0 Å². The molecule has 1 aromatic rings. The van der Waals surface area contributed by atoms with Crippen molar-refractivity contribution >= 4 is 5.91 Å². The molecule has 3 rings (SSSR count). The van der Waals surface area contributed by atoms with Gasteiger partial charge in [-0.25, -0.2) is 0 Å². The molecule has 2 aliphatic heterocycles. The third-order valence-corrected chi connectivity index (χ3v) is 5.91. The molecule has 0 aliphatic carbocycles. The van der Waals surface area contributed by atoms with Crippen molar-refractivity contribution in [2.75, 3.05) is 19.6 Å². The van der Waals surface area contributed by atoms with Crippen LogP contribution in [0, 0.1) is 11.8 Å². The first kappa shape index (κ1) is 19.3. The van der Waals surface area contributed by atoms with Crippen LogP contribution in [0.1, 0.15) is 64.6 Å². The van der Waals surface area contributed by atoms with Gasteiger partial charge in [-0.05, 0) is 12.3 Å². The Morgan fingerprint density at radius 1 is 1.23 bits per heavy atom. The van der Waals surface area contributed by atoms with Gasteiger partial charge in [0.2, 0.25) is 5.91 Å². The monoisotopic (exact) mass is 363 g/mol. The molecule has 3 heterocycles. The summed E-state index contributed by atoms with van der Waals surface area (Å²) in [5.74, 6) is 2.64. The maximum atomic E-state index is 12.3. The van der Waals surface area contributed by atoms with Crippen LogP contribution in [0.3, 0.4) is 0 Å². The molecule has 26 heavy (non-hydrogen) atoms. The summed E-state index contributed by atoms with van der Waals surface area (Å²) in [6.45, 7) is 12.0. The van der Waals surface area contributed by atoms with Crippen LogP contribution in [0.5, 0.6) is 0 Å². The van der Waals surface area contributed by atoms with Gasteiger partial charge >= 0.3 is 0 Å². The number of rotatable bonds is 6. The highest BCUT2D eigenvalue weighted by molar-refractivity contribution is 5.78. The maximum Gasteiger partial charge on any atom is 0.225 e. The quantitative estimate of drug-likeness (QED) is 0.834. The summed E-state index contributed by atoms with van der Waals surface area (Å²) in [7, 11) is 0. The number of carbonyl (C=O) groups is 1. The second-order valence-corrected chi connectivity index (χ2v) is 8.08. The van der Waals surface area contributed by atoms with Crippen LogP contribution in [-0.2, 0) is 17.9 Å². The smallest absolute Gasteiger partial charge is 0.225 e. The first-order valence-corrected chi connectivity index (χ1v) is 10.1. The summed E-state index contributed by atoms with van der Waals surface area (Å²) in [4.78, 5) is 16.5. The molecular weight excluding hydrogens is 330 g/mol. The summed E-state index contributed by atoms with van der Waals surface area (Å²) in [6, 6.07) is 0.124. The maximum absolute atomic E-state index is 12.3. The molecule has 1 saturated heterocycles. The predicted octanol–water partition coefficient (Wildman–Crippen LogP) is 1.82. The summed E-state index contributed by atoms with van der Waals surface area (Å²) in [5, 5.41) is 19.1. The van der Waals surface area contributed by atoms with Gasteiger partial charge in [-0.15, -0.1) is 10.2 Å². The van der Waals surface area contributed by atoms with Crippen LogP contribution < -0.4 is 0 Å². The van der Waals surface area contributed by atoms with E-state index in [0.717, 1.165) is 37.6 Å². The highest BCUT2D eigenvalue weighted by Gasteiger charge is 2.37. The minimum Gasteiger partial charge on any atom is -0.392 e. The number of aromatic nitrogens is 3. The lowest BCUT2D eigenvalue weighted by Gasteiger charge is -2.31. The van der Waals surface area contributed by atoms with E-state index in [1.807, 2.05) is 18.7 Å². The lowest BCUT2D eigenvalue weighted by molar-refractivity contribution is -0.136. The number of hydrogen-bond acceptors (Lipinski definition) is 5. The summed E-state index contributed by atoms with van der Waals surface area (Å²) in [5.41, 5.74) is 0. The Hall–Kier alpha value is -1.47. The van der Waals surface area contributed by atoms with Crippen LogP contribution in [0.4, 0.5) is 0 Å². The molecule has 7 nitrogen and oxygen atoms in total. The van der Waals surface area contributed by atoms with Gasteiger partial charge in [-0.1, -0.05) is 40.5 Å². The minimum atomic E-state index is -0.301. The Labute approximate surface area is 156 Å². The molecule has 1 N–H and O–H groups in total. The number of aliphatic hydroxyl groups is 1. The molecule has 2 aliphatic rings. The van der Waals surface area contributed by atoms with E-state index >= 15 is 0 Å². The molecule has 2 atom stereocenters. The van der Waals surface area contributed by atoms with E-state index in [4.69, 9.17) is 0 Å². The number of amides is 1. The van der Waals surface area contributed by atoms with Gasteiger partial charge in [0, 0.05) is 32.1 Å². The molecule has 0 unspecified atom stereocenters. The minimum absolute atomic E-state index is 0.00411. The zero-order valence-corrected chi connectivity index (χ0v) is 16.6. The van der Waals surface area contributed by atoms with Crippen LogP contribution in [-0.4, -0.2) is 61.3 Å². The van der Waals surface area contributed by atoms with Gasteiger partial charge in [0.15, 0.2) is 11.6 Å². The molecule has 0 spiro atoms. The Balaban J connectivity index is 1.77. The van der Waals surface area contributed by atoms with Gasteiger partial charge in [0.1, 0.15) is 0 Å². The molecule has 0 aromatic carbocycles. The molecule has 146 valence electrons. The van der Waals surface area contributed by atoms with Crippen LogP contribution in [0.25, 0.3) is 0 Å². The fourth-order valence-corrected chi connectivity index (χ4v) is 4.21. The summed E-state index contributed by atoms with van der Waals surface area (Å²) < 4.78 is 2.17. The second kappa shape index (κ2) is 8.05. The number of nitrogens with zero attached hydrogens (tertiary/aromatic N) is 5. The molecule has 7 heteroatoms. The molecular formula is C19H33N5O2. The standard InChI is InChI=1S/C19H33N5O2/c1-5-14(6-2)10-23-11-15(25)9-16(23)18-21-20-17-12-22(7-8-24(17)18)19(26)13(3)4/h13-16,25H,5-12H2,1-4H3/t15-,16-/m0/s1. The van der Waals surface area contributed by atoms with Crippen molar-refractivity contribution in [2.45, 2.75) is 72.2 Å². The zero-order chi connectivity index (χ0) is 18.8. The fraction of sp³-hybridized carbons (Fsp3) is 0.842. The summed E-state index contributed by atoms with van der Waals surface area (Å²) >= 11 is 0. The Kier molecular flexibility index (Phi) is 5.97. The second-order valence-electron chi connectivity index (χ2n) is 8.08. The Bertz CT molecular complexity index is 625. The van der Waals surface area contributed by atoms with Crippen LogP contribution in [0.2, 0.25) is 0 Å². The average Bonchev–Trinajstić information content (AvgIpc) is 3.20. The number of fused-ring (bicyclic) bond motifs is 1. The lowest BCUT2D eigenvalue weighted by atomic mass is 10.0. The normalized spacial score (nSPS) is 23.9. The van der Waals surface area contributed by atoms with Crippen LogP contribution >= 0.6 is 0 Å². The average molecular weight is 364 g/mol. The van der Waals surface area contributed by atoms with Crippen LogP contribution in [0.15, 0.2) is 0 Å². The van der Waals surface area contributed by atoms with Gasteiger partial charge in [-0.3, -0.25) is 9.69 Å². The number of likely N-dealkylation sites (tertiary alicyclic amines) is 1. The van der Waals surface area contributed by atoms with Crippen molar-refractivity contribution in [1.29, 1.82) is 0 Å². The highest BCUT2D eigenvalue weighted by atomic mass is 16.3. The van der Waals surface area contributed by atoms with Crippen molar-refractivity contribution in [2.24, 2.45) is 11.8 Å². The Morgan fingerprint density at radius 3 is 2.62 bits per heavy atom. The first-order valence-electron chi connectivity index (χ1n) is 10.1. The summed E-state index contributed by atoms with van der Waals surface area (Å²) in [6.07, 6.45) is 2.72. The van der Waals surface area contributed by atoms with Gasteiger partial charge < -0.3 is 14.6 Å². The number of hydrogen-bond donors (Lipinski definition) is 1. The van der Waals surface area contributed by atoms with E-state index in [2.05, 4.69) is 33.5 Å². The van der Waals surface area contributed by atoms with Crippen molar-refractivity contribution in [1.82, 2.24) is 24.6 Å². The van der Waals surface area contributed by atoms with E-state index in [-0.39, 0.29) is 24.0 Å². The molecule has 0 radical (unpaired) electrons. The largest absolute Gasteiger partial charge is 0.392 e. The highest BCUT2D eigenvalue weighted by Crippen LogP contribution is 2.33. The van der Waals surface area contributed by atoms with Crippen molar-refractivity contribution in [3.63, 3.8) is 0 Å². The van der Waals surface area contributed by atoms with Crippen molar-refractivity contribution in [3.05, 3.63) is 11.6 Å². The zero-order valence-electron chi connectivity index (χ0n) is 16.6. The SMILES string of the molecule is CCC(CC)CN1C[C@@H](O)C[C@H]1c1nnc2n1CCN(C(=O)C(C)C)C2. The van der Waals surface area contributed by atoms with Crippen molar-refractivity contribution in [3.8, 4) is 0 Å². The van der Waals surface area contributed by atoms with Gasteiger partial charge in [0.05, 0.1) is 18.7 Å². The molecule has 0 bridgehead atoms. The topological polar surface area (TPSA) is 74.5 Å². The first-order chi connectivity index (χ1) is 12.4.